The predicted octanol–water partition coefficient (Wildman–Crippen LogP) is 9.35. The number of β-amino-alcohol motifs (C(OH)–C–C–N with tert-alkyl or cyclic N) is 1. The van der Waals surface area contributed by atoms with E-state index in [0.29, 0.717) is 58.1 Å². The van der Waals surface area contributed by atoms with Gasteiger partial charge < -0.3 is 50.4 Å². The lowest BCUT2D eigenvalue weighted by Gasteiger charge is -2.43. The van der Waals surface area contributed by atoms with Crippen LogP contribution >= 0.6 is 30.1 Å². The molecule has 0 spiro atoms. The Balaban J connectivity index is 0.694. The van der Waals surface area contributed by atoms with E-state index in [1.54, 1.807) is 31.8 Å². The molecule has 5 aromatic rings. The van der Waals surface area contributed by atoms with Crippen LogP contribution in [0, 0.1) is 12.3 Å². The standard InChI is InChI=1S/C60H81ClN11O7PS/c1-40-54(81-39-64-40)42-22-20-41(21-23-42)36-62-57(76)49-35-45(73)38-72(49)58(77)55(60(2,3)4)67-52(74)18-12-10-8-9-11-13-19-53(75)71-32-30-70(31-33-71)43-26-28-69(29-27-43)44-24-25-47(50(34-44)79-5)66-59-63-37-46(61)56(68-59)65-48-16-14-15-17-51(48)80(6,7)78/h14-17,20-25,34,37,39,43,45,49,55,73H,8-13,18-19,26-33,35-36,38H2,1-7H3,(H,62,76)(H,67,74)(H2,63,65,66,68). The highest BCUT2D eigenvalue weighted by molar-refractivity contribution is 7.70. The molecule has 3 saturated heterocycles. The van der Waals surface area contributed by atoms with E-state index < -0.39 is 30.7 Å². The molecular weight excluding hydrogens is 1090 g/mol. The van der Waals surface area contributed by atoms with Gasteiger partial charge >= 0.3 is 0 Å². The zero-order valence-electron chi connectivity index (χ0n) is 48.0. The Morgan fingerprint density at radius 2 is 1.56 bits per heavy atom. The molecule has 0 aliphatic carbocycles. The van der Waals surface area contributed by atoms with Gasteiger partial charge in [-0.25, -0.2) is 9.97 Å². The summed E-state index contributed by atoms with van der Waals surface area (Å²) in [6, 6.07) is 20.2. The Labute approximate surface area is 486 Å². The molecular formula is C60H81ClN11O7PS. The minimum Gasteiger partial charge on any atom is -0.494 e. The van der Waals surface area contributed by atoms with Crippen LogP contribution in [0.15, 0.2) is 78.4 Å². The van der Waals surface area contributed by atoms with Crippen molar-refractivity contribution in [3.8, 4) is 16.2 Å². The number of anilines is 5. The van der Waals surface area contributed by atoms with E-state index in [1.165, 1.54) is 11.1 Å². The van der Waals surface area contributed by atoms with Crippen LogP contribution in [0.5, 0.6) is 5.75 Å². The number of likely N-dealkylation sites (tertiary alicyclic amines) is 1. The second kappa shape index (κ2) is 27.8. The number of carbonyl (C=O) groups is 4. The summed E-state index contributed by atoms with van der Waals surface area (Å²) in [5.41, 5.74) is 6.59. The molecule has 18 nitrogen and oxygen atoms in total. The van der Waals surface area contributed by atoms with E-state index in [0.717, 1.165) is 112 Å². The largest absolute Gasteiger partial charge is 0.494 e. The van der Waals surface area contributed by atoms with Crippen LogP contribution in [-0.2, 0) is 30.3 Å². The molecule has 3 fully saturated rings. The number of aliphatic hydroxyl groups is 1. The molecule has 436 valence electrons. The lowest BCUT2D eigenvalue weighted by Crippen LogP contribution is -2.57. The highest BCUT2D eigenvalue weighted by atomic mass is 35.5. The number of aromatic nitrogens is 3. The number of aryl methyl sites for hydroxylation is 1. The van der Waals surface area contributed by atoms with Crippen molar-refractivity contribution >= 4 is 87.8 Å². The SMILES string of the molecule is COc1cc(N2CCC(N3CCN(C(=O)CCCCCCCCC(=O)NC(C(=O)N4CC(O)CC4C(=O)NCc4ccc(-c5scnc5C)cc4)C(C)(C)C)CC3)CC2)ccc1Nc1ncc(Cl)c(Nc2ccccc2P(C)(C)=O)n1. The van der Waals surface area contributed by atoms with Gasteiger partial charge in [0.2, 0.25) is 29.6 Å². The fourth-order valence-corrected chi connectivity index (χ4v) is 13.2. The first kappa shape index (κ1) is 61.0. The number of hydrogen-bond acceptors (Lipinski definition) is 15. The molecule has 0 radical (unpaired) electrons. The lowest BCUT2D eigenvalue weighted by atomic mass is 9.85. The lowest BCUT2D eigenvalue weighted by molar-refractivity contribution is -0.144. The number of amides is 4. The Morgan fingerprint density at radius 1 is 0.864 bits per heavy atom. The summed E-state index contributed by atoms with van der Waals surface area (Å²) in [5, 5.41) is 24.1. The second-order valence-corrected chi connectivity index (χ2v) is 27.5. The topological polar surface area (TPSA) is 215 Å². The van der Waals surface area contributed by atoms with Crippen LogP contribution in [-0.4, -0.2) is 149 Å². The number of piperazine rings is 1. The van der Waals surface area contributed by atoms with Gasteiger partial charge in [-0.1, -0.05) is 94.5 Å². The number of nitrogens with zero attached hydrogens (tertiary/aromatic N) is 7. The summed E-state index contributed by atoms with van der Waals surface area (Å²) >= 11 is 8.08. The highest BCUT2D eigenvalue weighted by Crippen LogP contribution is 2.39. The van der Waals surface area contributed by atoms with Crippen molar-refractivity contribution in [2.45, 2.75) is 129 Å². The first-order chi connectivity index (χ1) is 38.7. The maximum Gasteiger partial charge on any atom is 0.246 e. The van der Waals surface area contributed by atoms with Crippen molar-refractivity contribution in [1.29, 1.82) is 0 Å². The molecule has 3 aliphatic rings. The predicted molar refractivity (Wildman–Crippen MR) is 324 cm³/mol. The van der Waals surface area contributed by atoms with Crippen molar-refractivity contribution < 1.29 is 33.6 Å². The number of aliphatic hydroxyl groups excluding tert-OH is 1. The van der Waals surface area contributed by atoms with Crippen LogP contribution < -0.4 is 36.2 Å². The number of rotatable bonds is 23. The molecule has 3 aliphatic heterocycles. The number of ether oxygens (including phenoxy) is 1. The van der Waals surface area contributed by atoms with Gasteiger partial charge in [0.05, 0.1) is 46.9 Å². The number of hydrogen-bond donors (Lipinski definition) is 5. The monoisotopic (exact) mass is 1170 g/mol. The number of methoxy groups -OCH3 is 1. The molecule has 0 bridgehead atoms. The Bertz CT molecular complexity index is 3010. The Morgan fingerprint density at radius 3 is 2.22 bits per heavy atom. The van der Waals surface area contributed by atoms with E-state index in [4.69, 9.17) is 16.3 Å². The number of carbonyl (C=O) groups excluding carboxylic acids is 4. The summed E-state index contributed by atoms with van der Waals surface area (Å²) in [7, 11) is -0.922. The first-order valence-corrected chi connectivity index (χ1v) is 32.3. The number of thiazole rings is 1. The minimum atomic E-state index is -2.57. The smallest absolute Gasteiger partial charge is 0.246 e. The highest BCUT2D eigenvalue weighted by Gasteiger charge is 2.44. The molecule has 3 unspecified atom stereocenters. The molecule has 2 aromatic heterocycles. The molecule has 3 atom stereocenters. The Hall–Kier alpha value is -6.11. The van der Waals surface area contributed by atoms with Crippen LogP contribution in [0.3, 0.4) is 0 Å². The number of para-hydroxylation sites is 1. The number of halogens is 1. The van der Waals surface area contributed by atoms with Crippen molar-refractivity contribution in [1.82, 2.24) is 40.3 Å². The van der Waals surface area contributed by atoms with Gasteiger partial charge in [-0.2, -0.15) is 4.98 Å². The molecule has 0 saturated carbocycles. The number of nitrogens with one attached hydrogen (secondary N) is 4. The zero-order valence-corrected chi connectivity index (χ0v) is 50.5. The molecule has 8 rings (SSSR count). The Kier molecular flexibility index (Phi) is 20.9. The van der Waals surface area contributed by atoms with Gasteiger partial charge in [-0.05, 0) is 86.7 Å². The molecule has 3 aromatic carbocycles. The molecule has 5 N–H and O–H groups in total. The fourth-order valence-electron chi connectivity index (χ4n) is 11.1. The summed E-state index contributed by atoms with van der Waals surface area (Å²) in [6.07, 6.45) is 8.97. The summed E-state index contributed by atoms with van der Waals surface area (Å²) in [5.74, 6) is 0.683. The average molecular weight is 1170 g/mol. The van der Waals surface area contributed by atoms with Gasteiger partial charge in [0, 0.05) is 94.7 Å². The molecule has 21 heteroatoms. The van der Waals surface area contributed by atoms with Gasteiger partial charge in [-0.15, -0.1) is 11.3 Å². The van der Waals surface area contributed by atoms with Gasteiger partial charge in [-0.3, -0.25) is 24.1 Å². The van der Waals surface area contributed by atoms with Crippen LogP contribution in [0.2, 0.25) is 5.02 Å². The molecule has 4 amide bonds. The van der Waals surface area contributed by atoms with Crippen molar-refractivity contribution in [3.63, 3.8) is 0 Å². The second-order valence-electron chi connectivity index (χ2n) is 23.1. The van der Waals surface area contributed by atoms with Crippen LogP contribution in [0.25, 0.3) is 10.4 Å². The van der Waals surface area contributed by atoms with E-state index >= 15 is 0 Å². The van der Waals surface area contributed by atoms with Crippen LogP contribution in [0.1, 0.15) is 103 Å². The van der Waals surface area contributed by atoms with Gasteiger partial charge in [0.1, 0.15) is 30.0 Å². The van der Waals surface area contributed by atoms with E-state index in [9.17, 15) is 28.8 Å². The normalized spacial score (nSPS) is 17.7. The maximum atomic E-state index is 14.1. The maximum absolute atomic E-state index is 14.1. The van der Waals surface area contributed by atoms with E-state index in [-0.39, 0.29) is 49.6 Å². The van der Waals surface area contributed by atoms with E-state index in [1.807, 2.05) is 98.8 Å². The third-order valence-electron chi connectivity index (χ3n) is 15.7. The van der Waals surface area contributed by atoms with E-state index in [2.05, 4.69) is 52.1 Å². The third-order valence-corrected chi connectivity index (χ3v) is 18.5. The van der Waals surface area contributed by atoms with Gasteiger partial charge in [0.15, 0.2) is 5.82 Å². The summed E-state index contributed by atoms with van der Waals surface area (Å²) < 4.78 is 18.8. The number of piperidine rings is 1. The van der Waals surface area contributed by atoms with Crippen molar-refractivity contribution in [2.75, 3.05) is 81.8 Å². The van der Waals surface area contributed by atoms with Crippen molar-refractivity contribution in [2.24, 2.45) is 5.41 Å². The number of unbranched alkanes of at least 4 members (excludes halogenated alkanes) is 5. The van der Waals surface area contributed by atoms with Gasteiger partial charge in [0.25, 0.3) is 0 Å². The molecule has 5 heterocycles. The van der Waals surface area contributed by atoms with Crippen molar-refractivity contribution in [3.05, 3.63) is 94.7 Å². The first-order valence-electron chi connectivity index (χ1n) is 28.5. The minimum absolute atomic E-state index is 0.0237. The third kappa shape index (κ3) is 16.3. The summed E-state index contributed by atoms with van der Waals surface area (Å²) in [4.78, 5) is 77.0. The number of benzene rings is 3. The zero-order chi connectivity index (χ0) is 57.8. The molecule has 81 heavy (non-hydrogen) atoms. The summed E-state index contributed by atoms with van der Waals surface area (Å²) in [6.45, 7) is 16.5. The fraction of sp³-hybridized carbons (Fsp3) is 0.517. The average Bonchev–Trinajstić information content (AvgIpc) is 4.10. The van der Waals surface area contributed by atoms with Crippen LogP contribution in [0.4, 0.5) is 28.8 Å². The quantitative estimate of drug-likeness (QED) is 0.0305.